The molecule has 0 saturated heterocycles. The summed E-state index contributed by atoms with van der Waals surface area (Å²) in [5.41, 5.74) is 0.833. The summed E-state index contributed by atoms with van der Waals surface area (Å²) in [7, 11) is 0. The van der Waals surface area contributed by atoms with Gasteiger partial charge in [0.05, 0.1) is 19.2 Å². The van der Waals surface area contributed by atoms with Crippen molar-refractivity contribution >= 4 is 28.6 Å². The maximum atomic E-state index is 13.3. The van der Waals surface area contributed by atoms with E-state index in [1.165, 1.54) is 18.2 Å². The zero-order chi connectivity index (χ0) is 22.8. The highest BCUT2D eigenvalue weighted by atomic mass is 127. The molecule has 9 heteroatoms. The molecule has 0 bridgehead atoms. The molecular formula is C22H24FIN4O3. The van der Waals surface area contributed by atoms with Crippen LogP contribution >= 0.6 is 22.6 Å². The van der Waals surface area contributed by atoms with Gasteiger partial charge in [-0.05, 0) is 59.2 Å². The molecule has 0 amide bonds. The highest BCUT2D eigenvalue weighted by Gasteiger charge is 2.29. The van der Waals surface area contributed by atoms with Crippen LogP contribution in [0.4, 0.5) is 4.39 Å². The summed E-state index contributed by atoms with van der Waals surface area (Å²) >= 11 is 2.17. The van der Waals surface area contributed by atoms with Gasteiger partial charge in [0.2, 0.25) is 0 Å². The van der Waals surface area contributed by atoms with Gasteiger partial charge in [0.15, 0.2) is 5.43 Å². The van der Waals surface area contributed by atoms with E-state index in [1.54, 1.807) is 36.1 Å². The van der Waals surface area contributed by atoms with Crippen LogP contribution in [0.1, 0.15) is 44.1 Å². The molecule has 0 radical (unpaired) electrons. The largest absolute Gasteiger partial charge is 0.462 e. The monoisotopic (exact) mass is 538 g/mol. The second-order valence-electron chi connectivity index (χ2n) is 8.19. The smallest absolute Gasteiger partial charge is 0.343 e. The first kappa shape index (κ1) is 23.1. The highest BCUT2D eigenvalue weighted by Crippen LogP contribution is 2.33. The molecule has 2 aromatic heterocycles. The summed E-state index contributed by atoms with van der Waals surface area (Å²) in [5.74, 6) is -0.946. The van der Waals surface area contributed by atoms with Crippen LogP contribution < -0.4 is 5.43 Å². The van der Waals surface area contributed by atoms with Crippen molar-refractivity contribution in [1.82, 2.24) is 19.6 Å². The van der Waals surface area contributed by atoms with Crippen molar-refractivity contribution in [3.63, 3.8) is 0 Å². The maximum Gasteiger partial charge on any atom is 0.343 e. The van der Waals surface area contributed by atoms with E-state index in [0.29, 0.717) is 12.2 Å². The molecule has 0 aliphatic carbocycles. The summed E-state index contributed by atoms with van der Waals surface area (Å²) < 4.78 is 22.7. The molecule has 0 aliphatic heterocycles. The summed E-state index contributed by atoms with van der Waals surface area (Å²) in [6, 6.07) is 7.35. The molecule has 3 aromatic rings. The third-order valence-corrected chi connectivity index (χ3v) is 6.00. The van der Waals surface area contributed by atoms with Gasteiger partial charge in [-0.25, -0.2) is 13.9 Å². The number of carbonyl (C=O) groups excluding carboxylic acids is 1. The van der Waals surface area contributed by atoms with Crippen molar-refractivity contribution in [2.75, 3.05) is 6.61 Å². The lowest BCUT2D eigenvalue weighted by Crippen LogP contribution is -2.31. The number of hydrogen-bond acceptors (Lipinski definition) is 5. The van der Waals surface area contributed by atoms with Crippen LogP contribution in [0.3, 0.4) is 0 Å². The fraction of sp³-hybridized carbons (Fsp3) is 0.364. The van der Waals surface area contributed by atoms with Crippen molar-refractivity contribution in [2.45, 2.75) is 40.3 Å². The van der Waals surface area contributed by atoms with E-state index in [-0.39, 0.29) is 34.9 Å². The molecule has 31 heavy (non-hydrogen) atoms. The van der Waals surface area contributed by atoms with Gasteiger partial charge in [-0.3, -0.25) is 4.79 Å². The first-order valence-corrected chi connectivity index (χ1v) is 10.9. The Hall–Kier alpha value is -2.56. The van der Waals surface area contributed by atoms with E-state index in [9.17, 15) is 14.0 Å². The van der Waals surface area contributed by atoms with Crippen molar-refractivity contribution in [1.29, 1.82) is 0 Å². The number of esters is 1. The molecule has 7 nitrogen and oxygen atoms in total. The molecule has 1 aromatic carbocycles. The van der Waals surface area contributed by atoms with Crippen molar-refractivity contribution in [2.24, 2.45) is 5.41 Å². The number of aromatic nitrogens is 4. The Morgan fingerprint density at radius 1 is 1.23 bits per heavy atom. The molecular weight excluding hydrogens is 514 g/mol. The number of carbonyl (C=O) groups is 1. The first-order chi connectivity index (χ1) is 14.6. The van der Waals surface area contributed by atoms with Crippen LogP contribution in [0.25, 0.3) is 11.3 Å². The molecule has 0 aliphatic rings. The van der Waals surface area contributed by atoms with Gasteiger partial charge in [-0.1, -0.05) is 26.0 Å². The van der Waals surface area contributed by atoms with Crippen molar-refractivity contribution < 1.29 is 13.9 Å². The maximum absolute atomic E-state index is 13.3. The lowest BCUT2D eigenvalue weighted by molar-refractivity contribution is 0.0522. The molecule has 0 unspecified atom stereocenters. The van der Waals surface area contributed by atoms with E-state index in [0.717, 1.165) is 9.26 Å². The molecule has 164 valence electrons. The minimum Gasteiger partial charge on any atom is -0.462 e. The average molecular weight is 538 g/mol. The zero-order valence-electron chi connectivity index (χ0n) is 17.8. The van der Waals surface area contributed by atoms with Gasteiger partial charge in [-0.15, -0.1) is 5.10 Å². The summed E-state index contributed by atoms with van der Waals surface area (Å²) in [6.07, 6.45) is 3.21. The van der Waals surface area contributed by atoms with Gasteiger partial charge in [0.25, 0.3) is 0 Å². The number of rotatable bonds is 6. The number of benzene rings is 1. The SMILES string of the molecule is CCOC(=O)c1cn([C@@H](Cn2nnc(-c3ccc(F)cc3)c2I)C(C)(C)C)ccc1=O. The highest BCUT2D eigenvalue weighted by molar-refractivity contribution is 14.1. The minimum atomic E-state index is -0.636. The van der Waals surface area contributed by atoms with Crippen LogP contribution in [0.15, 0.2) is 47.5 Å². The first-order valence-electron chi connectivity index (χ1n) is 9.85. The standard InChI is InChI=1S/C22H24FIN4O3/c1-5-31-21(30)16-12-27(11-10-17(16)29)18(22(2,3)4)13-28-20(24)19(25-26-28)14-6-8-15(23)9-7-14/h6-12,18H,5,13H2,1-4H3/t18-/m0/s1. The second kappa shape index (κ2) is 9.29. The van der Waals surface area contributed by atoms with Crippen LogP contribution in [0.2, 0.25) is 0 Å². The third-order valence-electron chi connectivity index (χ3n) is 4.93. The number of hydrogen-bond donors (Lipinski definition) is 0. The van der Waals surface area contributed by atoms with E-state index < -0.39 is 5.97 Å². The normalized spacial score (nSPS) is 12.6. The number of halogens is 2. The summed E-state index contributed by atoms with van der Waals surface area (Å²) in [6.45, 7) is 8.57. The van der Waals surface area contributed by atoms with E-state index in [4.69, 9.17) is 4.74 Å². The quantitative estimate of drug-likeness (QED) is 0.345. The Morgan fingerprint density at radius 2 is 1.90 bits per heavy atom. The summed E-state index contributed by atoms with van der Waals surface area (Å²) in [5, 5.41) is 8.57. The number of pyridine rings is 1. The molecule has 0 spiro atoms. The number of nitrogens with zero attached hydrogens (tertiary/aromatic N) is 4. The fourth-order valence-corrected chi connectivity index (χ4v) is 3.95. The molecule has 0 N–H and O–H groups in total. The van der Waals surface area contributed by atoms with Crippen LogP contribution in [-0.2, 0) is 11.3 Å². The Balaban J connectivity index is 1.97. The molecule has 3 rings (SSSR count). The Kier molecular flexibility index (Phi) is 6.93. The molecule has 2 heterocycles. The van der Waals surface area contributed by atoms with Crippen LogP contribution in [0, 0.1) is 14.9 Å². The number of ether oxygens (including phenoxy) is 1. The zero-order valence-corrected chi connectivity index (χ0v) is 20.0. The fourth-order valence-electron chi connectivity index (χ4n) is 3.24. The summed E-state index contributed by atoms with van der Waals surface area (Å²) in [4.78, 5) is 24.4. The van der Waals surface area contributed by atoms with Gasteiger partial charge >= 0.3 is 5.97 Å². The Bertz CT molecular complexity index is 1130. The van der Waals surface area contributed by atoms with Gasteiger partial charge < -0.3 is 9.30 Å². The molecule has 0 saturated carbocycles. The van der Waals surface area contributed by atoms with Gasteiger partial charge in [0.1, 0.15) is 20.8 Å². The average Bonchev–Trinajstić information content (AvgIpc) is 3.07. The van der Waals surface area contributed by atoms with E-state index in [2.05, 4.69) is 53.7 Å². The van der Waals surface area contributed by atoms with Crippen molar-refractivity contribution in [3.8, 4) is 11.3 Å². The predicted molar refractivity (Wildman–Crippen MR) is 123 cm³/mol. The van der Waals surface area contributed by atoms with Crippen LogP contribution in [0.5, 0.6) is 0 Å². The van der Waals surface area contributed by atoms with E-state index >= 15 is 0 Å². The minimum absolute atomic E-state index is 0.00103. The molecule has 0 fully saturated rings. The predicted octanol–water partition coefficient (Wildman–Crippen LogP) is 4.31. The van der Waals surface area contributed by atoms with Crippen molar-refractivity contribution in [3.05, 3.63) is 68.0 Å². The van der Waals surface area contributed by atoms with Crippen LogP contribution in [-0.4, -0.2) is 32.1 Å². The lowest BCUT2D eigenvalue weighted by Gasteiger charge is -2.33. The van der Waals surface area contributed by atoms with Gasteiger partial charge in [0, 0.05) is 24.0 Å². The lowest BCUT2D eigenvalue weighted by atomic mass is 9.86. The topological polar surface area (TPSA) is 79.0 Å². The third kappa shape index (κ3) is 5.20. The Morgan fingerprint density at radius 3 is 2.52 bits per heavy atom. The second-order valence-corrected chi connectivity index (χ2v) is 9.21. The van der Waals surface area contributed by atoms with E-state index in [1.807, 2.05) is 4.57 Å². The Labute approximate surface area is 193 Å². The molecule has 1 atom stereocenters. The van der Waals surface area contributed by atoms with Gasteiger partial charge in [-0.2, -0.15) is 0 Å².